The number of hydrogen-bond donors (Lipinski definition) is 1. The van der Waals surface area contributed by atoms with Crippen LogP contribution in [0.15, 0.2) is 36.7 Å². The summed E-state index contributed by atoms with van der Waals surface area (Å²) in [5, 5.41) is 7.71. The second-order valence-electron chi connectivity index (χ2n) is 12.7. The molecule has 41 heavy (non-hydrogen) atoms. The Balaban J connectivity index is 1.31. The van der Waals surface area contributed by atoms with Gasteiger partial charge in [0.05, 0.1) is 18.9 Å². The highest BCUT2D eigenvalue weighted by Crippen LogP contribution is 2.37. The average molecular weight is 564 g/mol. The number of ether oxygens (including phenoxy) is 1. The number of carbonyl (C=O) groups is 3. The van der Waals surface area contributed by atoms with E-state index in [4.69, 9.17) is 4.74 Å². The van der Waals surface area contributed by atoms with Crippen molar-refractivity contribution in [3.05, 3.63) is 42.2 Å². The summed E-state index contributed by atoms with van der Waals surface area (Å²) in [6.07, 6.45) is 8.75. The third-order valence-electron chi connectivity index (χ3n) is 9.29. The van der Waals surface area contributed by atoms with Crippen LogP contribution in [0.3, 0.4) is 0 Å². The standard InChI is InChI=1S/C32H45N5O4/c1-21(2)26-13-12-22(3)14-31(39)36-18-23-15-24(27(36)9-7-11-30(38)34-26)19-35(17-23)32(40)25-16-33-37(20-25)28-8-5-6-10-29(28)41-4/h5-6,8,10,16,20-24,26-27H,7,9,11-15,17-19H2,1-4H3,(H,34,38)/t22-,23+,24+,26+,27+/m1/s1. The van der Waals surface area contributed by atoms with E-state index in [-0.39, 0.29) is 47.6 Å². The second kappa shape index (κ2) is 12.7. The Morgan fingerprint density at radius 2 is 1.90 bits per heavy atom. The summed E-state index contributed by atoms with van der Waals surface area (Å²) in [6.45, 7) is 8.38. The number of methoxy groups -OCH3 is 1. The van der Waals surface area contributed by atoms with E-state index in [9.17, 15) is 14.4 Å². The zero-order valence-corrected chi connectivity index (χ0v) is 24.9. The Bertz CT molecular complexity index is 1240. The lowest BCUT2D eigenvalue weighted by atomic mass is 9.77. The number of aromatic nitrogens is 2. The third kappa shape index (κ3) is 6.60. The molecule has 3 saturated heterocycles. The molecule has 3 fully saturated rings. The first-order chi connectivity index (χ1) is 19.7. The van der Waals surface area contributed by atoms with Crippen LogP contribution < -0.4 is 10.1 Å². The van der Waals surface area contributed by atoms with Crippen molar-refractivity contribution in [1.82, 2.24) is 24.9 Å². The molecule has 1 aromatic carbocycles. The minimum Gasteiger partial charge on any atom is -0.494 e. The maximum atomic E-state index is 13.7. The predicted molar refractivity (Wildman–Crippen MR) is 157 cm³/mol. The molecule has 3 amide bonds. The van der Waals surface area contributed by atoms with Crippen LogP contribution in [-0.4, -0.2) is 76.1 Å². The highest BCUT2D eigenvalue weighted by Gasteiger charge is 2.44. The number of amides is 3. The van der Waals surface area contributed by atoms with Gasteiger partial charge in [-0.25, -0.2) is 4.68 Å². The molecule has 3 aliphatic rings. The van der Waals surface area contributed by atoms with Gasteiger partial charge in [0.25, 0.3) is 5.91 Å². The number of benzene rings is 1. The molecule has 2 aromatic rings. The van der Waals surface area contributed by atoms with Crippen molar-refractivity contribution in [2.45, 2.75) is 77.8 Å². The number of hydrogen-bond acceptors (Lipinski definition) is 5. The van der Waals surface area contributed by atoms with Crippen LogP contribution in [0.2, 0.25) is 0 Å². The second-order valence-corrected chi connectivity index (χ2v) is 12.7. The number of likely N-dealkylation sites (tertiary alicyclic amines) is 1. The van der Waals surface area contributed by atoms with Gasteiger partial charge in [-0.2, -0.15) is 5.10 Å². The van der Waals surface area contributed by atoms with Gasteiger partial charge < -0.3 is 19.9 Å². The Labute approximate surface area is 243 Å². The van der Waals surface area contributed by atoms with E-state index in [2.05, 4.69) is 36.1 Å². The van der Waals surface area contributed by atoms with Crippen LogP contribution in [0.25, 0.3) is 5.69 Å². The first-order valence-electron chi connectivity index (χ1n) is 15.3. The van der Waals surface area contributed by atoms with Gasteiger partial charge in [0.1, 0.15) is 11.4 Å². The molecule has 3 aliphatic heterocycles. The lowest BCUT2D eigenvalue weighted by Gasteiger charge is -2.51. The van der Waals surface area contributed by atoms with Gasteiger partial charge in [-0.15, -0.1) is 0 Å². The van der Waals surface area contributed by atoms with E-state index in [1.165, 1.54) is 0 Å². The maximum absolute atomic E-state index is 13.7. The molecular formula is C32H45N5O4. The van der Waals surface area contributed by atoms with E-state index in [0.717, 1.165) is 37.8 Å². The number of rotatable bonds is 4. The monoisotopic (exact) mass is 563 g/mol. The Kier molecular flexibility index (Phi) is 9.00. The lowest BCUT2D eigenvalue weighted by Crippen LogP contribution is -2.60. The van der Waals surface area contributed by atoms with Gasteiger partial charge in [0, 0.05) is 50.8 Å². The summed E-state index contributed by atoms with van der Waals surface area (Å²) in [5.41, 5.74) is 1.32. The fraction of sp³-hybridized carbons (Fsp3) is 0.625. The minimum absolute atomic E-state index is 0.0296. The van der Waals surface area contributed by atoms with Crippen LogP contribution >= 0.6 is 0 Å². The smallest absolute Gasteiger partial charge is 0.257 e. The van der Waals surface area contributed by atoms with E-state index in [0.29, 0.717) is 49.7 Å². The van der Waals surface area contributed by atoms with Crippen molar-refractivity contribution in [2.24, 2.45) is 23.7 Å². The van der Waals surface area contributed by atoms with Crippen LogP contribution in [0.5, 0.6) is 5.75 Å². The zero-order valence-electron chi connectivity index (χ0n) is 24.9. The van der Waals surface area contributed by atoms with E-state index >= 15 is 0 Å². The summed E-state index contributed by atoms with van der Waals surface area (Å²) in [6, 6.07) is 7.79. The number of piperidine rings is 2. The molecule has 9 heteroatoms. The molecule has 222 valence electrons. The number of nitrogens with zero attached hydrogens (tertiary/aromatic N) is 4. The van der Waals surface area contributed by atoms with Crippen LogP contribution in [0.4, 0.5) is 0 Å². The quantitative estimate of drug-likeness (QED) is 0.598. The molecule has 5 atom stereocenters. The van der Waals surface area contributed by atoms with Crippen molar-refractivity contribution in [2.75, 3.05) is 26.7 Å². The molecule has 1 N–H and O–H groups in total. The Morgan fingerprint density at radius 1 is 1.10 bits per heavy atom. The van der Waals surface area contributed by atoms with Crippen LogP contribution in [0, 0.1) is 23.7 Å². The summed E-state index contributed by atoms with van der Waals surface area (Å²) in [4.78, 5) is 44.2. The molecule has 4 heterocycles. The van der Waals surface area contributed by atoms with Crippen molar-refractivity contribution < 1.29 is 19.1 Å². The van der Waals surface area contributed by atoms with Crippen LogP contribution in [-0.2, 0) is 9.59 Å². The van der Waals surface area contributed by atoms with Crippen LogP contribution in [0.1, 0.15) is 76.1 Å². The first kappa shape index (κ1) is 29.1. The SMILES string of the molecule is COc1ccccc1-n1cc(C(=O)N2C[C@@H]3C[C@@H](C2)[C@@H]2CCCC(=O)N[C@H](C(C)C)CC[C@@H](C)CC(=O)N2C3)cn1. The van der Waals surface area contributed by atoms with Gasteiger partial charge in [-0.1, -0.05) is 32.9 Å². The molecule has 9 nitrogen and oxygen atoms in total. The van der Waals surface area contributed by atoms with Gasteiger partial charge in [0.15, 0.2) is 0 Å². The number of fused-ring (bicyclic) bond motifs is 4. The normalized spacial score (nSPS) is 27.8. The highest BCUT2D eigenvalue weighted by molar-refractivity contribution is 5.94. The van der Waals surface area contributed by atoms with Gasteiger partial charge in [-0.3, -0.25) is 14.4 Å². The number of carbonyl (C=O) groups excluding carboxylic acids is 3. The fourth-order valence-electron chi connectivity index (χ4n) is 7.04. The van der Waals surface area contributed by atoms with Crippen molar-refractivity contribution in [3.63, 3.8) is 0 Å². The molecular weight excluding hydrogens is 518 g/mol. The topological polar surface area (TPSA) is 96.8 Å². The fourth-order valence-corrected chi connectivity index (χ4v) is 7.04. The molecule has 0 radical (unpaired) electrons. The highest BCUT2D eigenvalue weighted by atomic mass is 16.5. The molecule has 0 saturated carbocycles. The van der Waals surface area contributed by atoms with Gasteiger partial charge >= 0.3 is 0 Å². The Morgan fingerprint density at radius 3 is 2.68 bits per heavy atom. The maximum Gasteiger partial charge on any atom is 0.257 e. The molecule has 2 bridgehead atoms. The van der Waals surface area contributed by atoms with Crippen molar-refractivity contribution in [3.8, 4) is 11.4 Å². The average Bonchev–Trinajstić information content (AvgIpc) is 3.45. The predicted octanol–water partition coefficient (Wildman–Crippen LogP) is 4.30. The van der Waals surface area contributed by atoms with Crippen molar-refractivity contribution in [1.29, 1.82) is 0 Å². The van der Waals surface area contributed by atoms with E-state index < -0.39 is 0 Å². The molecule has 0 aliphatic carbocycles. The third-order valence-corrected chi connectivity index (χ3v) is 9.29. The van der Waals surface area contributed by atoms with Gasteiger partial charge in [0.2, 0.25) is 11.8 Å². The molecule has 1 aromatic heterocycles. The van der Waals surface area contributed by atoms with E-state index in [1.54, 1.807) is 24.2 Å². The lowest BCUT2D eigenvalue weighted by molar-refractivity contribution is -0.141. The number of nitrogens with one attached hydrogen (secondary N) is 1. The number of para-hydroxylation sites is 2. The summed E-state index contributed by atoms with van der Waals surface area (Å²) < 4.78 is 7.15. The van der Waals surface area contributed by atoms with Crippen molar-refractivity contribution >= 4 is 17.7 Å². The molecule has 0 unspecified atom stereocenters. The Hall–Kier alpha value is -3.36. The first-order valence-corrected chi connectivity index (χ1v) is 15.3. The van der Waals surface area contributed by atoms with E-state index in [1.807, 2.05) is 29.2 Å². The summed E-state index contributed by atoms with van der Waals surface area (Å²) >= 11 is 0. The summed E-state index contributed by atoms with van der Waals surface area (Å²) in [7, 11) is 1.62. The molecule has 5 rings (SSSR count). The minimum atomic E-state index is -0.0296. The molecule has 0 spiro atoms. The summed E-state index contributed by atoms with van der Waals surface area (Å²) in [5.74, 6) is 2.08. The van der Waals surface area contributed by atoms with Gasteiger partial charge in [-0.05, 0) is 67.9 Å². The largest absolute Gasteiger partial charge is 0.494 e. The zero-order chi connectivity index (χ0) is 29.1.